The quantitative estimate of drug-likeness (QED) is 0.764. The van der Waals surface area contributed by atoms with Gasteiger partial charge in [0.2, 0.25) is 5.91 Å². The Balaban J connectivity index is 1.84. The third kappa shape index (κ3) is 4.62. The summed E-state index contributed by atoms with van der Waals surface area (Å²) >= 11 is 0. The van der Waals surface area contributed by atoms with Crippen LogP contribution in [0.5, 0.6) is 0 Å². The van der Waals surface area contributed by atoms with Gasteiger partial charge in [0.05, 0.1) is 18.3 Å². The standard InChI is InChI=1S/C15H19F3N4O/c1-22-9-20-8-12(22)6-13(19)14(23)21-7-10-2-4-11(5-3-10)15(16,17)18/h2-5,8,13,20H,6-7,9,19H2,1H3,(H,21,23)/t13-/m1/s1. The van der Waals surface area contributed by atoms with Crippen LogP contribution in [0, 0.1) is 0 Å². The molecular formula is C15H19F3N4O. The topological polar surface area (TPSA) is 70.4 Å². The van der Waals surface area contributed by atoms with E-state index in [0.717, 1.165) is 17.8 Å². The molecule has 0 radical (unpaired) electrons. The molecule has 0 aliphatic carbocycles. The van der Waals surface area contributed by atoms with E-state index in [1.807, 2.05) is 18.1 Å². The summed E-state index contributed by atoms with van der Waals surface area (Å²) in [5.41, 5.74) is 6.65. The lowest BCUT2D eigenvalue weighted by Crippen LogP contribution is -2.41. The predicted octanol–water partition coefficient (Wildman–Crippen LogP) is 1.37. The highest BCUT2D eigenvalue weighted by Gasteiger charge is 2.29. The molecule has 0 bridgehead atoms. The van der Waals surface area contributed by atoms with Crippen molar-refractivity contribution in [3.05, 3.63) is 47.3 Å². The molecule has 5 nitrogen and oxygen atoms in total. The second kappa shape index (κ2) is 6.91. The number of benzene rings is 1. The van der Waals surface area contributed by atoms with E-state index in [-0.39, 0.29) is 12.5 Å². The molecule has 1 amide bonds. The number of halogens is 3. The van der Waals surface area contributed by atoms with E-state index in [0.29, 0.717) is 18.7 Å². The first kappa shape index (κ1) is 17.1. The summed E-state index contributed by atoms with van der Waals surface area (Å²) in [5, 5.41) is 5.66. The van der Waals surface area contributed by atoms with Gasteiger partial charge >= 0.3 is 6.18 Å². The SMILES string of the molecule is CN1CNC=C1C[C@@H](N)C(=O)NCc1ccc(C(F)(F)F)cc1. The molecule has 0 unspecified atom stereocenters. The predicted molar refractivity (Wildman–Crippen MR) is 79.7 cm³/mol. The van der Waals surface area contributed by atoms with E-state index in [1.165, 1.54) is 12.1 Å². The molecule has 0 spiro atoms. The Morgan fingerprint density at radius 2 is 2.04 bits per heavy atom. The van der Waals surface area contributed by atoms with Crippen molar-refractivity contribution in [2.75, 3.05) is 13.7 Å². The first-order valence-corrected chi connectivity index (χ1v) is 7.10. The number of carbonyl (C=O) groups is 1. The van der Waals surface area contributed by atoms with Gasteiger partial charge in [-0.1, -0.05) is 12.1 Å². The molecule has 1 atom stereocenters. The summed E-state index contributed by atoms with van der Waals surface area (Å²) < 4.78 is 37.4. The van der Waals surface area contributed by atoms with Gasteiger partial charge in [0.15, 0.2) is 0 Å². The number of nitrogens with two attached hydrogens (primary N) is 1. The van der Waals surface area contributed by atoms with Crippen molar-refractivity contribution in [2.24, 2.45) is 5.73 Å². The highest BCUT2D eigenvalue weighted by Crippen LogP contribution is 2.29. The maximum absolute atomic E-state index is 12.5. The zero-order valence-corrected chi connectivity index (χ0v) is 12.7. The normalized spacial score (nSPS) is 15.9. The second-order valence-corrected chi connectivity index (χ2v) is 5.42. The highest BCUT2D eigenvalue weighted by atomic mass is 19.4. The van der Waals surface area contributed by atoms with E-state index in [9.17, 15) is 18.0 Å². The van der Waals surface area contributed by atoms with Gasteiger partial charge in [0, 0.05) is 31.9 Å². The summed E-state index contributed by atoms with van der Waals surface area (Å²) in [6, 6.07) is 3.95. The Morgan fingerprint density at radius 1 is 1.39 bits per heavy atom. The van der Waals surface area contributed by atoms with Gasteiger partial charge in [0.1, 0.15) is 0 Å². The van der Waals surface area contributed by atoms with Crippen LogP contribution in [0.3, 0.4) is 0 Å². The lowest BCUT2D eigenvalue weighted by molar-refractivity contribution is -0.137. The number of nitrogens with zero attached hydrogens (tertiary/aromatic N) is 1. The van der Waals surface area contributed by atoms with Crippen LogP contribution in [0.15, 0.2) is 36.2 Å². The Labute approximate surface area is 132 Å². The number of amides is 1. The third-order valence-electron chi connectivity index (χ3n) is 3.60. The first-order valence-electron chi connectivity index (χ1n) is 7.10. The molecule has 8 heteroatoms. The average Bonchev–Trinajstić information content (AvgIpc) is 2.89. The molecular weight excluding hydrogens is 309 g/mol. The zero-order valence-electron chi connectivity index (χ0n) is 12.7. The maximum Gasteiger partial charge on any atom is 0.416 e. The second-order valence-electron chi connectivity index (χ2n) is 5.42. The van der Waals surface area contributed by atoms with Crippen LogP contribution in [-0.4, -0.2) is 30.6 Å². The minimum absolute atomic E-state index is 0.137. The number of alkyl halides is 3. The number of nitrogens with one attached hydrogen (secondary N) is 2. The van der Waals surface area contributed by atoms with Crippen molar-refractivity contribution in [1.82, 2.24) is 15.5 Å². The van der Waals surface area contributed by atoms with Gasteiger partial charge in [-0.25, -0.2) is 0 Å². The van der Waals surface area contributed by atoms with E-state index >= 15 is 0 Å². The van der Waals surface area contributed by atoms with Gasteiger partial charge < -0.3 is 21.3 Å². The van der Waals surface area contributed by atoms with Crippen molar-refractivity contribution < 1.29 is 18.0 Å². The van der Waals surface area contributed by atoms with Gasteiger partial charge in [-0.15, -0.1) is 0 Å². The fourth-order valence-electron chi connectivity index (χ4n) is 2.18. The molecule has 126 valence electrons. The number of hydrogen-bond donors (Lipinski definition) is 3. The van der Waals surface area contributed by atoms with Gasteiger partial charge in [0.25, 0.3) is 0 Å². The van der Waals surface area contributed by atoms with Crippen LogP contribution >= 0.6 is 0 Å². The number of rotatable bonds is 5. The summed E-state index contributed by atoms with van der Waals surface area (Å²) in [5.74, 6) is -0.342. The Hall–Kier alpha value is -2.22. The Morgan fingerprint density at radius 3 is 2.57 bits per heavy atom. The van der Waals surface area contributed by atoms with Gasteiger partial charge in [-0.2, -0.15) is 13.2 Å². The van der Waals surface area contributed by atoms with Crippen molar-refractivity contribution in [2.45, 2.75) is 25.2 Å². The van der Waals surface area contributed by atoms with Crippen molar-refractivity contribution in [3.63, 3.8) is 0 Å². The molecule has 2 rings (SSSR count). The van der Waals surface area contributed by atoms with Crippen molar-refractivity contribution in [1.29, 1.82) is 0 Å². The van der Waals surface area contributed by atoms with Crippen LogP contribution in [0.1, 0.15) is 17.5 Å². The molecule has 0 fully saturated rings. The maximum atomic E-state index is 12.5. The third-order valence-corrected chi connectivity index (χ3v) is 3.60. The first-order chi connectivity index (χ1) is 10.8. The van der Waals surface area contributed by atoms with Crippen molar-refractivity contribution in [3.8, 4) is 0 Å². The Kier molecular flexibility index (Phi) is 5.15. The van der Waals surface area contributed by atoms with Crippen LogP contribution < -0.4 is 16.4 Å². The Bertz CT molecular complexity index is 583. The molecule has 1 heterocycles. The monoisotopic (exact) mass is 328 g/mol. The molecule has 0 saturated carbocycles. The molecule has 1 aliphatic heterocycles. The van der Waals surface area contributed by atoms with Crippen LogP contribution in [0.25, 0.3) is 0 Å². The fraction of sp³-hybridized carbons (Fsp3) is 0.400. The van der Waals surface area contributed by atoms with E-state index < -0.39 is 17.8 Å². The summed E-state index contributed by atoms with van der Waals surface area (Å²) in [7, 11) is 1.89. The average molecular weight is 328 g/mol. The minimum Gasteiger partial charge on any atom is -0.372 e. The molecule has 4 N–H and O–H groups in total. The largest absolute Gasteiger partial charge is 0.416 e. The van der Waals surface area contributed by atoms with Crippen molar-refractivity contribution >= 4 is 5.91 Å². The molecule has 1 aliphatic rings. The van der Waals surface area contributed by atoms with Gasteiger partial charge in [-0.05, 0) is 17.7 Å². The van der Waals surface area contributed by atoms with Crippen LogP contribution in [0.2, 0.25) is 0 Å². The van der Waals surface area contributed by atoms with Gasteiger partial charge in [-0.3, -0.25) is 4.79 Å². The minimum atomic E-state index is -4.36. The summed E-state index contributed by atoms with van der Waals surface area (Å²) in [6.07, 6.45) is -2.16. The summed E-state index contributed by atoms with van der Waals surface area (Å²) in [4.78, 5) is 13.9. The van der Waals surface area contributed by atoms with Crippen LogP contribution in [-0.2, 0) is 17.5 Å². The molecule has 0 saturated heterocycles. The molecule has 1 aromatic carbocycles. The lowest BCUT2D eigenvalue weighted by atomic mass is 10.1. The molecule has 23 heavy (non-hydrogen) atoms. The number of hydrogen-bond acceptors (Lipinski definition) is 4. The highest BCUT2D eigenvalue weighted by molar-refractivity contribution is 5.81. The van der Waals surface area contributed by atoms with E-state index in [4.69, 9.17) is 5.73 Å². The fourth-order valence-corrected chi connectivity index (χ4v) is 2.18. The lowest BCUT2D eigenvalue weighted by Gasteiger charge is -2.18. The number of carbonyl (C=O) groups excluding carboxylic acids is 1. The van der Waals surface area contributed by atoms with E-state index in [1.54, 1.807) is 0 Å². The smallest absolute Gasteiger partial charge is 0.372 e. The van der Waals surface area contributed by atoms with Crippen LogP contribution in [0.4, 0.5) is 13.2 Å². The molecule has 0 aromatic heterocycles. The zero-order chi connectivity index (χ0) is 17.0. The summed E-state index contributed by atoms with van der Waals surface area (Å²) in [6.45, 7) is 0.813. The molecule has 1 aromatic rings. The van der Waals surface area contributed by atoms with E-state index in [2.05, 4.69) is 10.6 Å².